The highest BCUT2D eigenvalue weighted by atomic mass is 16.5. The number of amides is 2. The maximum Gasteiger partial charge on any atom is 0.257 e. The minimum Gasteiger partial charge on any atom is -0.497 e. The van der Waals surface area contributed by atoms with E-state index in [1.165, 1.54) is 0 Å². The van der Waals surface area contributed by atoms with E-state index < -0.39 is 0 Å². The molecule has 2 heterocycles. The van der Waals surface area contributed by atoms with E-state index >= 15 is 0 Å². The summed E-state index contributed by atoms with van der Waals surface area (Å²) in [5.41, 5.74) is 1.15. The normalized spacial score (nSPS) is 14.1. The first-order valence-corrected chi connectivity index (χ1v) is 8.49. The monoisotopic (exact) mass is 354 g/mol. The van der Waals surface area contributed by atoms with Gasteiger partial charge in [0.15, 0.2) is 0 Å². The number of carbonyl (C=O) groups excluding carboxylic acids is 2. The van der Waals surface area contributed by atoms with Crippen LogP contribution in [0.15, 0.2) is 42.6 Å². The molecule has 0 aliphatic carbocycles. The lowest BCUT2D eigenvalue weighted by molar-refractivity contribution is -0.129. The lowest BCUT2D eigenvalue weighted by Crippen LogP contribution is -2.48. The largest absolute Gasteiger partial charge is 0.497 e. The first kappa shape index (κ1) is 17.7. The van der Waals surface area contributed by atoms with Crippen LogP contribution in [0.5, 0.6) is 5.75 Å². The number of carbonyl (C=O) groups is 2. The minimum absolute atomic E-state index is 0.0992. The van der Waals surface area contributed by atoms with Gasteiger partial charge in [-0.2, -0.15) is 0 Å². The number of piperazine rings is 1. The van der Waals surface area contributed by atoms with Crippen molar-refractivity contribution in [1.82, 2.24) is 9.88 Å². The van der Waals surface area contributed by atoms with E-state index in [0.29, 0.717) is 30.1 Å². The molecule has 0 radical (unpaired) electrons. The molecule has 0 spiro atoms. The predicted octanol–water partition coefficient (Wildman–Crippen LogP) is 2.01. The number of anilines is 2. The summed E-state index contributed by atoms with van der Waals surface area (Å²) in [6.45, 7) is 4.44. The smallest absolute Gasteiger partial charge is 0.257 e. The summed E-state index contributed by atoms with van der Waals surface area (Å²) >= 11 is 0. The lowest BCUT2D eigenvalue weighted by atomic mass is 10.2. The molecule has 1 saturated heterocycles. The Bertz CT molecular complexity index is 784. The van der Waals surface area contributed by atoms with Crippen molar-refractivity contribution < 1.29 is 14.3 Å². The first-order chi connectivity index (χ1) is 12.6. The number of ether oxygens (including phenoxy) is 1. The fourth-order valence-corrected chi connectivity index (χ4v) is 2.86. The van der Waals surface area contributed by atoms with E-state index in [2.05, 4.69) is 15.2 Å². The highest BCUT2D eigenvalue weighted by molar-refractivity contribution is 6.04. The van der Waals surface area contributed by atoms with Gasteiger partial charge in [0, 0.05) is 51.1 Å². The van der Waals surface area contributed by atoms with Crippen molar-refractivity contribution in [2.24, 2.45) is 0 Å². The highest BCUT2D eigenvalue weighted by Gasteiger charge is 2.19. The highest BCUT2D eigenvalue weighted by Crippen LogP contribution is 2.18. The molecule has 1 fully saturated rings. The molecular weight excluding hydrogens is 332 g/mol. The van der Waals surface area contributed by atoms with Crippen molar-refractivity contribution in [3.05, 3.63) is 48.2 Å². The third-order valence-corrected chi connectivity index (χ3v) is 4.39. The van der Waals surface area contributed by atoms with Crippen LogP contribution in [0.4, 0.5) is 11.5 Å². The van der Waals surface area contributed by atoms with Crippen LogP contribution in [0.3, 0.4) is 0 Å². The van der Waals surface area contributed by atoms with E-state index in [-0.39, 0.29) is 11.8 Å². The summed E-state index contributed by atoms with van der Waals surface area (Å²) in [5.74, 6) is 1.37. The van der Waals surface area contributed by atoms with Gasteiger partial charge < -0.3 is 19.9 Å². The zero-order valence-corrected chi connectivity index (χ0v) is 14.9. The fourth-order valence-electron chi connectivity index (χ4n) is 2.86. The molecule has 7 nitrogen and oxygen atoms in total. The molecule has 1 aliphatic rings. The molecule has 1 N–H and O–H groups in total. The number of aromatic nitrogens is 1. The Kier molecular flexibility index (Phi) is 5.36. The van der Waals surface area contributed by atoms with E-state index in [4.69, 9.17) is 4.74 Å². The van der Waals surface area contributed by atoms with Crippen LogP contribution < -0.4 is 15.0 Å². The quantitative estimate of drug-likeness (QED) is 0.909. The molecule has 2 amide bonds. The average Bonchev–Trinajstić information content (AvgIpc) is 2.68. The van der Waals surface area contributed by atoms with Crippen LogP contribution in [0, 0.1) is 0 Å². The topological polar surface area (TPSA) is 74.8 Å². The van der Waals surface area contributed by atoms with Gasteiger partial charge in [-0.05, 0) is 24.3 Å². The van der Waals surface area contributed by atoms with Gasteiger partial charge in [0.1, 0.15) is 11.6 Å². The number of methoxy groups -OCH3 is 1. The summed E-state index contributed by atoms with van der Waals surface area (Å²) in [4.78, 5) is 32.1. The molecule has 1 aliphatic heterocycles. The van der Waals surface area contributed by atoms with Gasteiger partial charge in [-0.25, -0.2) is 4.98 Å². The summed E-state index contributed by atoms with van der Waals surface area (Å²) in [6, 6.07) is 10.8. The second-order valence-electron chi connectivity index (χ2n) is 6.08. The molecule has 0 unspecified atom stereocenters. The van der Waals surface area contributed by atoms with Crippen LogP contribution >= 0.6 is 0 Å². The zero-order chi connectivity index (χ0) is 18.5. The number of nitrogens with zero attached hydrogens (tertiary/aromatic N) is 3. The van der Waals surface area contributed by atoms with Gasteiger partial charge >= 0.3 is 0 Å². The Morgan fingerprint density at radius 3 is 2.50 bits per heavy atom. The summed E-state index contributed by atoms with van der Waals surface area (Å²) in [6.07, 6.45) is 1.57. The summed E-state index contributed by atoms with van der Waals surface area (Å²) in [5, 5.41) is 2.83. The maximum atomic E-state index is 12.4. The van der Waals surface area contributed by atoms with Crippen molar-refractivity contribution in [1.29, 1.82) is 0 Å². The molecule has 7 heteroatoms. The zero-order valence-electron chi connectivity index (χ0n) is 14.9. The lowest BCUT2D eigenvalue weighted by Gasteiger charge is -2.34. The number of pyridine rings is 1. The van der Waals surface area contributed by atoms with E-state index in [0.717, 1.165) is 18.9 Å². The van der Waals surface area contributed by atoms with Crippen molar-refractivity contribution in [2.45, 2.75) is 6.92 Å². The Morgan fingerprint density at radius 2 is 1.88 bits per heavy atom. The number of hydrogen-bond acceptors (Lipinski definition) is 5. The third-order valence-electron chi connectivity index (χ3n) is 4.39. The average molecular weight is 354 g/mol. The van der Waals surface area contributed by atoms with E-state index in [9.17, 15) is 9.59 Å². The van der Waals surface area contributed by atoms with Gasteiger partial charge in [0.2, 0.25) is 5.91 Å². The first-order valence-electron chi connectivity index (χ1n) is 8.49. The molecular formula is C19H22N4O3. The molecule has 3 rings (SSSR count). The van der Waals surface area contributed by atoms with Crippen molar-refractivity contribution in [3.8, 4) is 5.75 Å². The Morgan fingerprint density at radius 1 is 1.12 bits per heavy atom. The molecule has 0 bridgehead atoms. The van der Waals surface area contributed by atoms with Crippen LogP contribution in [0.2, 0.25) is 0 Å². The van der Waals surface area contributed by atoms with E-state index in [1.807, 2.05) is 23.1 Å². The second kappa shape index (κ2) is 7.86. The molecule has 0 atom stereocenters. The Labute approximate surface area is 152 Å². The third kappa shape index (κ3) is 4.11. The van der Waals surface area contributed by atoms with Crippen LogP contribution in [-0.2, 0) is 4.79 Å². The molecule has 0 saturated carbocycles. The van der Waals surface area contributed by atoms with Crippen LogP contribution in [0.25, 0.3) is 0 Å². The van der Waals surface area contributed by atoms with E-state index in [1.54, 1.807) is 38.4 Å². The number of rotatable bonds is 4. The van der Waals surface area contributed by atoms with Crippen LogP contribution in [0.1, 0.15) is 17.3 Å². The fraction of sp³-hybridized carbons (Fsp3) is 0.316. The predicted molar refractivity (Wildman–Crippen MR) is 99.7 cm³/mol. The standard InChI is InChI=1S/C19H22N4O3/c1-14(24)22-8-10-23(11-9-22)18-7-6-15(13-20-18)19(25)21-16-4-3-5-17(12-16)26-2/h3-7,12-13H,8-11H2,1-2H3,(H,21,25). The number of nitrogens with one attached hydrogen (secondary N) is 1. The Hall–Kier alpha value is -3.09. The molecule has 2 aromatic rings. The SMILES string of the molecule is COc1cccc(NC(=O)c2ccc(N3CCN(C(C)=O)CC3)nc2)c1. The van der Waals surface area contributed by atoms with Crippen molar-refractivity contribution in [3.63, 3.8) is 0 Å². The van der Waals surface area contributed by atoms with Gasteiger partial charge in [0.05, 0.1) is 12.7 Å². The minimum atomic E-state index is -0.223. The Balaban J connectivity index is 1.62. The van der Waals surface area contributed by atoms with Crippen molar-refractivity contribution >= 4 is 23.3 Å². The van der Waals surface area contributed by atoms with Crippen LogP contribution in [-0.4, -0.2) is 55.0 Å². The summed E-state index contributed by atoms with van der Waals surface area (Å²) in [7, 11) is 1.58. The van der Waals surface area contributed by atoms with Gasteiger partial charge in [-0.3, -0.25) is 9.59 Å². The molecule has 26 heavy (non-hydrogen) atoms. The van der Waals surface area contributed by atoms with Gasteiger partial charge in [-0.15, -0.1) is 0 Å². The van der Waals surface area contributed by atoms with Gasteiger partial charge in [0.25, 0.3) is 5.91 Å². The van der Waals surface area contributed by atoms with Crippen molar-refractivity contribution in [2.75, 3.05) is 43.5 Å². The molecule has 136 valence electrons. The van der Waals surface area contributed by atoms with Gasteiger partial charge in [-0.1, -0.05) is 6.07 Å². The second-order valence-corrected chi connectivity index (χ2v) is 6.08. The number of hydrogen-bond donors (Lipinski definition) is 1. The molecule has 1 aromatic carbocycles. The molecule has 1 aromatic heterocycles. The summed E-state index contributed by atoms with van der Waals surface area (Å²) < 4.78 is 5.15. The maximum absolute atomic E-state index is 12.4. The number of benzene rings is 1.